The Morgan fingerprint density at radius 3 is 0.857 bits per heavy atom. The number of aromatic hydroxyl groups is 4. The number of halogens is 3. The Labute approximate surface area is 822 Å². The first-order valence-electron chi connectivity index (χ1n) is 47.9. The minimum atomic E-state index is -0.504. The van der Waals surface area contributed by atoms with Gasteiger partial charge in [-0.15, -0.1) is 0 Å². The molecule has 9 heterocycles. The van der Waals surface area contributed by atoms with Crippen molar-refractivity contribution in [2.45, 2.75) is 86.5 Å². The van der Waals surface area contributed by atoms with E-state index in [0.717, 1.165) is 138 Å². The van der Waals surface area contributed by atoms with Crippen molar-refractivity contribution in [2.75, 3.05) is 159 Å². The molecule has 28 heteroatoms. The Balaban J connectivity index is 0.000000129. The number of rotatable bonds is 20. The Hall–Kier alpha value is -13.0. The minimum Gasteiger partial charge on any atom is -0.507 e. The molecular formula is C112H118Cl2FN9O16. The monoisotopic (exact) mass is 1930 g/mol. The van der Waals surface area contributed by atoms with Gasteiger partial charge in [0.05, 0.1) is 50.6 Å². The second-order valence-electron chi connectivity index (χ2n) is 36.5. The van der Waals surface area contributed by atoms with Crippen molar-refractivity contribution in [2.24, 2.45) is 0 Å². The van der Waals surface area contributed by atoms with Crippen molar-refractivity contribution in [1.29, 1.82) is 0 Å². The number of phenols is 4. The summed E-state index contributed by atoms with van der Waals surface area (Å²) in [4.78, 5) is 75.2. The third kappa shape index (κ3) is 19.4. The summed E-state index contributed by atoms with van der Waals surface area (Å²) in [7, 11) is 8.40. The van der Waals surface area contributed by atoms with Crippen molar-refractivity contribution in [3.63, 3.8) is 0 Å². The summed E-state index contributed by atoms with van der Waals surface area (Å²) >= 11 is 12.6. The van der Waals surface area contributed by atoms with Gasteiger partial charge in [-0.1, -0.05) is 174 Å². The van der Waals surface area contributed by atoms with Gasteiger partial charge in [-0.2, -0.15) is 0 Å². The van der Waals surface area contributed by atoms with Gasteiger partial charge in [0.25, 0.3) is 0 Å². The number of hydrogen-bond donors (Lipinski definition) is 4. The van der Waals surface area contributed by atoms with Crippen LogP contribution in [-0.4, -0.2) is 248 Å². The largest absolute Gasteiger partial charge is 0.507 e. The number of esters is 4. The van der Waals surface area contributed by atoms with E-state index in [1.165, 1.54) is 17.7 Å². The maximum atomic E-state index is 14.5. The van der Waals surface area contributed by atoms with Crippen LogP contribution in [0.1, 0.15) is 166 Å². The van der Waals surface area contributed by atoms with Crippen LogP contribution in [0.2, 0.25) is 10.2 Å². The summed E-state index contributed by atoms with van der Waals surface area (Å²) in [5, 5.41) is 56.2. The molecular weight excluding hydrogens is 1820 g/mol. The number of piperazine rings is 4. The molecule has 5 aromatic heterocycles. The highest BCUT2D eigenvalue weighted by atomic mass is 35.5. The van der Waals surface area contributed by atoms with E-state index in [4.69, 9.17) is 59.8 Å². The molecule has 4 aliphatic rings. The van der Waals surface area contributed by atoms with Gasteiger partial charge in [0, 0.05) is 203 Å². The fraction of sp³-hybridized carbons (Fsp3) is 0.330. The number of carbonyl (C=O) groups is 4. The van der Waals surface area contributed by atoms with Crippen molar-refractivity contribution < 1.29 is 80.6 Å². The SMILES string of the molecule is CCOC(=O)c1c(C)oc2c1c(C(c1ccc(C)cc1)N1CCN(C)CC1)c(O)c1ccccc12.CCOC(=O)c1c(C)oc2c1c(C(c1ccc(Cl)cc1)N1CCN(C)CC1)c(O)c1ccccc12.CCOC(=O)c1c(C)oc2c1c(C(c1cccc(F)c1)N1CCN(C)CC1)c(O)c1ccccc12.CCOC(=O)c1c(C)oc2c1c(C(c1ccnc(Cl)c1)N1CCN(C)CC1)c(O)c1ccccc12. The summed E-state index contributed by atoms with van der Waals surface area (Å²) in [5.74, 6) is 0.167. The summed E-state index contributed by atoms with van der Waals surface area (Å²) in [6.45, 7) is 30.6. The number of aromatic nitrogens is 1. The summed E-state index contributed by atoms with van der Waals surface area (Å²) in [6, 6.07) is 55.1. The molecule has 728 valence electrons. The first kappa shape index (κ1) is 98.6. The number of nitrogens with zero attached hydrogens (tertiary/aromatic N) is 9. The molecule has 11 aromatic carbocycles. The fourth-order valence-electron chi connectivity index (χ4n) is 20.6. The second-order valence-corrected chi connectivity index (χ2v) is 37.3. The lowest BCUT2D eigenvalue weighted by atomic mass is 9.88. The topological polar surface area (TPSA) is 277 Å². The van der Waals surface area contributed by atoms with Crippen LogP contribution in [0.25, 0.3) is 87.0 Å². The molecule has 20 rings (SSSR count). The smallest absolute Gasteiger partial charge is 0.342 e. The molecule has 0 saturated carbocycles. The molecule has 4 saturated heterocycles. The van der Waals surface area contributed by atoms with E-state index in [9.17, 15) is 44.0 Å². The van der Waals surface area contributed by atoms with Gasteiger partial charge in [-0.25, -0.2) is 28.6 Å². The van der Waals surface area contributed by atoms with Crippen LogP contribution in [0.5, 0.6) is 23.0 Å². The number of fused-ring (bicyclic) bond motifs is 12. The van der Waals surface area contributed by atoms with E-state index >= 15 is 0 Å². The quantitative estimate of drug-likeness (QED) is 0.0313. The number of aryl methyl sites for hydroxylation is 5. The predicted octanol–water partition coefficient (Wildman–Crippen LogP) is 21.6. The Morgan fingerprint density at radius 1 is 0.336 bits per heavy atom. The zero-order valence-corrected chi connectivity index (χ0v) is 82.7. The zero-order chi connectivity index (χ0) is 98.8. The number of furan rings is 4. The highest BCUT2D eigenvalue weighted by Crippen LogP contribution is 2.54. The number of phenolic OH excluding ortho intramolecular Hbond substituents is 4. The Kier molecular flexibility index (Phi) is 30.0. The molecule has 0 radical (unpaired) electrons. The molecule has 4 aliphatic heterocycles. The number of benzene rings is 11. The molecule has 0 aliphatic carbocycles. The van der Waals surface area contributed by atoms with Crippen molar-refractivity contribution in [3.05, 3.63) is 300 Å². The molecule has 140 heavy (non-hydrogen) atoms. The van der Waals surface area contributed by atoms with Crippen LogP contribution in [0.15, 0.2) is 206 Å². The maximum absolute atomic E-state index is 14.5. The molecule has 4 fully saturated rings. The van der Waals surface area contributed by atoms with Crippen molar-refractivity contribution >= 4 is 134 Å². The third-order valence-corrected chi connectivity index (χ3v) is 28.0. The van der Waals surface area contributed by atoms with Crippen LogP contribution in [0, 0.1) is 40.4 Å². The molecule has 4 N–H and O–H groups in total. The highest BCUT2D eigenvalue weighted by Gasteiger charge is 2.42. The molecule has 4 unspecified atom stereocenters. The van der Waals surface area contributed by atoms with E-state index in [0.29, 0.717) is 154 Å². The molecule has 0 spiro atoms. The zero-order valence-electron chi connectivity index (χ0n) is 81.2. The molecule has 0 amide bonds. The van der Waals surface area contributed by atoms with E-state index in [1.54, 1.807) is 67.7 Å². The van der Waals surface area contributed by atoms with E-state index in [1.807, 2.05) is 140 Å². The number of hydrogen-bond acceptors (Lipinski definition) is 25. The van der Waals surface area contributed by atoms with Crippen LogP contribution in [0.3, 0.4) is 0 Å². The number of likely N-dealkylation sites (N-methyl/N-ethyl adjacent to an activating group) is 4. The molecule has 0 bridgehead atoms. The standard InChI is InChI=1S/C29H32N2O4.C28H29ClN2O4.C28H29FN2O4.C27H28ClN3O4/c1-5-34-29(33)23-19(3)35-28-22-9-7-6-8-21(22)27(32)25(24(23)28)26(20-12-10-18(2)11-13-20)31-16-14-30(4)15-17-31;1-4-34-28(33)22-17(2)35-27-21-8-6-5-7-20(21)26(32)24(23(22)27)25(18-9-11-19(29)12-10-18)31-15-13-30(3)14-16-31;1-4-34-28(33)22-17(2)35-27-21-11-6-5-10-20(21)26(32)24(23(22)27)25(18-8-7-9-19(29)16-18)31-14-12-30(3)13-15-31;1-4-34-27(33)21-16(2)35-26-19-8-6-5-7-18(19)25(32)23(22(21)26)24(17-9-10-29-20(28)15-17)31-13-11-30(3)12-14-31/h6-13,26,32H,5,14-17H2,1-4H3;5-12,25,32H,4,13-16H2,1-3H3;5-11,16,25,32H,4,12-15H2,1-3H3;5-10,15,24,32H,4,11-14H2,1-3H3. The number of pyridine rings is 1. The lowest BCUT2D eigenvalue weighted by Gasteiger charge is -2.39. The Morgan fingerprint density at radius 2 is 0.593 bits per heavy atom. The average molecular weight is 1940 g/mol. The van der Waals surface area contributed by atoms with Crippen LogP contribution in [-0.2, 0) is 18.9 Å². The summed E-state index contributed by atoms with van der Waals surface area (Å²) in [6.07, 6.45) is 1.67. The predicted molar refractivity (Wildman–Crippen MR) is 546 cm³/mol. The van der Waals surface area contributed by atoms with E-state index in [-0.39, 0.29) is 73.4 Å². The van der Waals surface area contributed by atoms with Gasteiger partial charge in [0.15, 0.2) is 0 Å². The first-order chi connectivity index (χ1) is 67.6. The van der Waals surface area contributed by atoms with E-state index in [2.05, 4.69) is 104 Å². The van der Waals surface area contributed by atoms with Gasteiger partial charge in [-0.05, 0) is 149 Å². The minimum absolute atomic E-state index is 0.0626. The van der Waals surface area contributed by atoms with Gasteiger partial charge in [0.2, 0.25) is 0 Å². The number of carbonyl (C=O) groups excluding carboxylic acids is 4. The van der Waals surface area contributed by atoms with Crippen LogP contribution < -0.4 is 0 Å². The highest BCUT2D eigenvalue weighted by molar-refractivity contribution is 6.30. The molecule has 16 aromatic rings. The summed E-state index contributed by atoms with van der Waals surface area (Å²) < 4.78 is 61.0. The van der Waals surface area contributed by atoms with Crippen molar-refractivity contribution in [3.8, 4) is 23.0 Å². The van der Waals surface area contributed by atoms with Gasteiger partial charge < -0.3 is 76.6 Å². The lowest BCUT2D eigenvalue weighted by molar-refractivity contribution is 0.0516. The lowest BCUT2D eigenvalue weighted by Crippen LogP contribution is -2.46. The van der Waals surface area contributed by atoms with Gasteiger partial charge >= 0.3 is 23.9 Å². The first-order valence-corrected chi connectivity index (χ1v) is 48.6. The van der Waals surface area contributed by atoms with Gasteiger partial charge in [-0.3, -0.25) is 19.6 Å². The summed E-state index contributed by atoms with van der Waals surface area (Å²) in [5.41, 5.74) is 11.0. The van der Waals surface area contributed by atoms with Crippen LogP contribution in [0.4, 0.5) is 4.39 Å². The second kappa shape index (κ2) is 42.6. The van der Waals surface area contributed by atoms with Crippen molar-refractivity contribution in [1.82, 2.24) is 44.2 Å². The maximum Gasteiger partial charge on any atom is 0.342 e. The van der Waals surface area contributed by atoms with Gasteiger partial charge in [0.1, 0.15) is 102 Å². The fourth-order valence-corrected chi connectivity index (χ4v) is 21.0. The normalized spacial score (nSPS) is 16.1. The number of ether oxygens (including phenoxy) is 4. The van der Waals surface area contributed by atoms with Crippen LogP contribution >= 0.6 is 23.2 Å². The van der Waals surface area contributed by atoms with E-state index < -0.39 is 29.9 Å². The Bertz CT molecular complexity index is 6880. The molecule has 25 nitrogen and oxygen atoms in total. The molecule has 4 atom stereocenters. The third-order valence-electron chi connectivity index (χ3n) is 27.6. The average Bonchev–Trinajstić information content (AvgIpc) is 1.55.